The van der Waals surface area contributed by atoms with Gasteiger partial charge in [-0.2, -0.15) is 13.2 Å². The Hall–Kier alpha value is -3.42. The van der Waals surface area contributed by atoms with Crippen molar-refractivity contribution >= 4 is 11.7 Å². The van der Waals surface area contributed by atoms with E-state index in [2.05, 4.69) is 0 Å². The number of anilines is 1. The van der Waals surface area contributed by atoms with Crippen LogP contribution in [0.25, 0.3) is 11.1 Å². The second-order valence-corrected chi connectivity index (χ2v) is 10.4. The monoisotopic (exact) mass is 531 g/mol. The van der Waals surface area contributed by atoms with Crippen molar-refractivity contribution in [2.75, 3.05) is 18.0 Å². The number of aliphatic carboxylic acids is 1. The van der Waals surface area contributed by atoms with Gasteiger partial charge < -0.3 is 10.0 Å². The minimum Gasteiger partial charge on any atom is -0.481 e. The molecule has 0 radical (unpaired) electrons. The van der Waals surface area contributed by atoms with E-state index in [9.17, 15) is 31.9 Å². The third-order valence-electron chi connectivity index (χ3n) is 7.09. The first-order chi connectivity index (χ1) is 17.9. The van der Waals surface area contributed by atoms with Crippen molar-refractivity contribution in [1.82, 2.24) is 0 Å². The van der Waals surface area contributed by atoms with Crippen molar-refractivity contribution < 1.29 is 31.9 Å². The van der Waals surface area contributed by atoms with Gasteiger partial charge in [0, 0.05) is 30.8 Å². The normalized spacial score (nSPS) is 17.1. The number of hydrogen-bond acceptors (Lipinski definition) is 2. The van der Waals surface area contributed by atoms with E-state index in [1.807, 2.05) is 30.9 Å². The van der Waals surface area contributed by atoms with Crippen LogP contribution in [0.5, 0.6) is 0 Å². The first-order valence-electron chi connectivity index (χ1n) is 12.7. The van der Waals surface area contributed by atoms with E-state index in [0.717, 1.165) is 36.6 Å². The zero-order valence-corrected chi connectivity index (χ0v) is 21.2. The van der Waals surface area contributed by atoms with Crippen LogP contribution in [0.15, 0.2) is 60.7 Å². The Balaban J connectivity index is 1.74. The molecule has 0 amide bonds. The number of piperidine rings is 1. The molecule has 1 aliphatic rings. The van der Waals surface area contributed by atoms with Crippen LogP contribution >= 0.6 is 0 Å². The number of halogens is 5. The maximum Gasteiger partial charge on any atom is 0.416 e. The van der Waals surface area contributed by atoms with E-state index < -0.39 is 35.3 Å². The van der Waals surface area contributed by atoms with Crippen LogP contribution in [0.2, 0.25) is 0 Å². The molecule has 3 aromatic carbocycles. The van der Waals surface area contributed by atoms with Crippen LogP contribution in [0, 0.1) is 17.6 Å². The van der Waals surface area contributed by atoms with E-state index >= 15 is 0 Å². The molecular weight excluding hydrogens is 501 g/mol. The first kappa shape index (κ1) is 27.6. The van der Waals surface area contributed by atoms with Crippen molar-refractivity contribution in [3.63, 3.8) is 0 Å². The minimum atomic E-state index is -4.46. The van der Waals surface area contributed by atoms with E-state index in [-0.39, 0.29) is 11.8 Å². The number of carboxylic acid groups (broad SMARTS) is 1. The quantitative estimate of drug-likeness (QED) is 0.312. The summed E-state index contributed by atoms with van der Waals surface area (Å²) in [6, 6.07) is 14.2. The molecule has 1 saturated heterocycles. The third-order valence-corrected chi connectivity index (χ3v) is 7.09. The number of carboxylic acids is 1. The van der Waals surface area contributed by atoms with Gasteiger partial charge in [0.05, 0.1) is 11.5 Å². The number of alkyl halides is 3. The Morgan fingerprint density at radius 3 is 2.29 bits per heavy atom. The predicted molar refractivity (Wildman–Crippen MR) is 137 cm³/mol. The summed E-state index contributed by atoms with van der Waals surface area (Å²) in [4.78, 5) is 14.2. The lowest BCUT2D eigenvalue weighted by atomic mass is 9.83. The third kappa shape index (κ3) is 6.34. The Morgan fingerprint density at radius 1 is 0.974 bits per heavy atom. The fraction of sp³-hybridized carbons (Fsp3) is 0.367. The van der Waals surface area contributed by atoms with Gasteiger partial charge in [0.15, 0.2) is 11.6 Å². The molecular formula is C30H30F5NO2. The smallest absolute Gasteiger partial charge is 0.416 e. The van der Waals surface area contributed by atoms with Crippen LogP contribution in [0.1, 0.15) is 61.6 Å². The summed E-state index contributed by atoms with van der Waals surface area (Å²) in [6.07, 6.45) is -2.45. The molecule has 202 valence electrons. The zero-order valence-electron chi connectivity index (χ0n) is 21.2. The van der Waals surface area contributed by atoms with Crippen LogP contribution < -0.4 is 4.90 Å². The fourth-order valence-electron chi connectivity index (χ4n) is 5.15. The number of carbonyl (C=O) groups is 1. The van der Waals surface area contributed by atoms with Gasteiger partial charge >= 0.3 is 12.1 Å². The SMILES string of the molecule is CC(C)CC(C(=O)O)c1cc(-c2ccc(C(F)(F)F)cc2)cc(C2CCCN(c3ccc(F)c(F)c3)C2)c1. The van der Waals surface area contributed by atoms with E-state index in [4.69, 9.17) is 0 Å². The summed E-state index contributed by atoms with van der Waals surface area (Å²) < 4.78 is 66.7. The summed E-state index contributed by atoms with van der Waals surface area (Å²) in [5.74, 6) is -3.48. The molecule has 3 nitrogen and oxygen atoms in total. The molecule has 2 atom stereocenters. The van der Waals surface area contributed by atoms with E-state index in [1.165, 1.54) is 24.3 Å². The summed E-state index contributed by atoms with van der Waals surface area (Å²) >= 11 is 0. The van der Waals surface area contributed by atoms with Gasteiger partial charge in [0.25, 0.3) is 0 Å². The predicted octanol–water partition coefficient (Wildman–Crippen LogP) is 8.25. The Bertz CT molecular complexity index is 1290. The van der Waals surface area contributed by atoms with Gasteiger partial charge in [-0.05, 0) is 71.7 Å². The van der Waals surface area contributed by atoms with Crippen LogP contribution in [-0.4, -0.2) is 24.2 Å². The van der Waals surface area contributed by atoms with E-state index in [0.29, 0.717) is 41.9 Å². The summed E-state index contributed by atoms with van der Waals surface area (Å²) in [5.41, 5.74) is 2.49. The molecule has 1 N–H and O–H groups in total. The molecule has 1 fully saturated rings. The highest BCUT2D eigenvalue weighted by Crippen LogP contribution is 2.37. The summed E-state index contributed by atoms with van der Waals surface area (Å²) in [5, 5.41) is 10.0. The highest BCUT2D eigenvalue weighted by Gasteiger charge is 2.30. The second-order valence-electron chi connectivity index (χ2n) is 10.4. The molecule has 0 aromatic heterocycles. The summed E-state index contributed by atoms with van der Waals surface area (Å²) in [6.45, 7) is 5.07. The largest absolute Gasteiger partial charge is 0.481 e. The van der Waals surface area contributed by atoms with Crippen molar-refractivity contribution in [3.05, 3.63) is 89.0 Å². The van der Waals surface area contributed by atoms with Gasteiger partial charge in [0.1, 0.15) is 0 Å². The molecule has 38 heavy (non-hydrogen) atoms. The van der Waals surface area contributed by atoms with Crippen molar-refractivity contribution in [2.45, 2.75) is 51.1 Å². The molecule has 3 aromatic rings. The number of hydrogen-bond donors (Lipinski definition) is 1. The number of nitrogens with zero attached hydrogens (tertiary/aromatic N) is 1. The van der Waals surface area contributed by atoms with Gasteiger partial charge in [0.2, 0.25) is 0 Å². The lowest BCUT2D eigenvalue weighted by molar-refractivity contribution is -0.139. The number of rotatable bonds is 7. The van der Waals surface area contributed by atoms with Gasteiger partial charge in [-0.3, -0.25) is 4.79 Å². The Morgan fingerprint density at radius 2 is 1.68 bits per heavy atom. The molecule has 0 spiro atoms. The van der Waals surface area contributed by atoms with Crippen LogP contribution in [-0.2, 0) is 11.0 Å². The standard InChI is InChI=1S/C30H30F5NO2/c1-18(2)12-26(29(37)38)23-14-21(19-5-7-24(8-6-19)30(33,34)35)13-22(15-23)20-4-3-11-36(17-20)25-9-10-27(31)28(32)16-25/h5-10,13-16,18,20,26H,3-4,11-12,17H2,1-2H3,(H,37,38). The van der Waals surface area contributed by atoms with Crippen molar-refractivity contribution in [3.8, 4) is 11.1 Å². The van der Waals surface area contributed by atoms with Crippen molar-refractivity contribution in [1.29, 1.82) is 0 Å². The molecule has 2 unspecified atom stereocenters. The van der Waals surface area contributed by atoms with Gasteiger partial charge in [-0.15, -0.1) is 0 Å². The zero-order chi connectivity index (χ0) is 27.6. The number of benzene rings is 3. The maximum atomic E-state index is 13.9. The first-order valence-corrected chi connectivity index (χ1v) is 12.7. The molecule has 8 heteroatoms. The van der Waals surface area contributed by atoms with Crippen LogP contribution in [0.3, 0.4) is 0 Å². The fourth-order valence-corrected chi connectivity index (χ4v) is 5.15. The van der Waals surface area contributed by atoms with Crippen LogP contribution in [0.4, 0.5) is 27.6 Å². The van der Waals surface area contributed by atoms with Gasteiger partial charge in [-0.25, -0.2) is 8.78 Å². The lowest BCUT2D eigenvalue weighted by Crippen LogP contribution is -2.34. The molecule has 4 rings (SSSR count). The average Bonchev–Trinajstić information content (AvgIpc) is 2.88. The highest BCUT2D eigenvalue weighted by molar-refractivity contribution is 5.78. The van der Waals surface area contributed by atoms with Crippen molar-refractivity contribution in [2.24, 2.45) is 5.92 Å². The molecule has 0 aliphatic carbocycles. The van der Waals surface area contributed by atoms with Gasteiger partial charge in [-0.1, -0.05) is 44.2 Å². The molecule has 0 saturated carbocycles. The Kier molecular flexibility index (Phi) is 8.09. The highest BCUT2D eigenvalue weighted by atomic mass is 19.4. The molecule has 1 aliphatic heterocycles. The minimum absolute atomic E-state index is 0.0292. The summed E-state index contributed by atoms with van der Waals surface area (Å²) in [7, 11) is 0. The lowest BCUT2D eigenvalue weighted by Gasteiger charge is -2.35. The second kappa shape index (κ2) is 11.1. The van der Waals surface area contributed by atoms with E-state index in [1.54, 1.807) is 6.07 Å². The molecule has 0 bridgehead atoms. The average molecular weight is 532 g/mol. The molecule has 1 heterocycles. The Labute approximate surface area is 218 Å². The maximum absolute atomic E-state index is 13.9. The topological polar surface area (TPSA) is 40.5 Å².